The number of nitrogens with two attached hydrogens (primary N) is 1. The normalized spacial score (nSPS) is 12.0. The molecule has 1 heterocycles. The summed E-state index contributed by atoms with van der Waals surface area (Å²) in [6.07, 6.45) is 3.62. The van der Waals surface area contributed by atoms with E-state index < -0.39 is 5.60 Å². The van der Waals surface area contributed by atoms with Gasteiger partial charge in [-0.3, -0.25) is 9.52 Å². The van der Waals surface area contributed by atoms with Gasteiger partial charge in [-0.15, -0.1) is 0 Å². The third kappa shape index (κ3) is 1.58. The van der Waals surface area contributed by atoms with E-state index in [-0.39, 0.29) is 0 Å². The number of aromatic nitrogens is 2. The Balaban J connectivity index is 2.92. The van der Waals surface area contributed by atoms with Crippen LogP contribution in [0.3, 0.4) is 0 Å². The van der Waals surface area contributed by atoms with E-state index in [1.165, 1.54) is 0 Å². The Bertz CT molecular complexity index is 242. The average molecular weight is 155 g/mol. The van der Waals surface area contributed by atoms with Crippen molar-refractivity contribution < 1.29 is 4.84 Å². The minimum atomic E-state index is -0.450. The number of nitrogens with zero attached hydrogens (tertiary/aromatic N) is 2. The largest absolute Gasteiger partial charge is 0.294 e. The molecule has 0 fully saturated rings. The van der Waals surface area contributed by atoms with Gasteiger partial charge in [-0.25, -0.2) is 5.90 Å². The van der Waals surface area contributed by atoms with Crippen molar-refractivity contribution >= 4 is 0 Å². The van der Waals surface area contributed by atoms with Crippen LogP contribution in [0.1, 0.15) is 19.4 Å². The molecule has 0 spiro atoms. The molecule has 62 valence electrons. The first kappa shape index (κ1) is 8.23. The highest BCUT2D eigenvalue weighted by Crippen LogP contribution is 2.21. The van der Waals surface area contributed by atoms with Crippen LogP contribution in [0.2, 0.25) is 0 Å². The molecule has 0 aliphatic rings. The van der Waals surface area contributed by atoms with Crippen LogP contribution in [-0.4, -0.2) is 9.78 Å². The van der Waals surface area contributed by atoms with Crippen molar-refractivity contribution in [1.82, 2.24) is 9.78 Å². The van der Waals surface area contributed by atoms with Gasteiger partial charge in [0.25, 0.3) is 0 Å². The van der Waals surface area contributed by atoms with Gasteiger partial charge in [-0.1, -0.05) is 0 Å². The van der Waals surface area contributed by atoms with Crippen LogP contribution in [0.25, 0.3) is 0 Å². The van der Waals surface area contributed by atoms with Crippen LogP contribution in [0.5, 0.6) is 0 Å². The third-order valence-electron chi connectivity index (χ3n) is 1.69. The Kier molecular flexibility index (Phi) is 1.97. The molecular formula is C7H13N3O. The first-order valence-corrected chi connectivity index (χ1v) is 3.43. The summed E-state index contributed by atoms with van der Waals surface area (Å²) < 4.78 is 1.72. The van der Waals surface area contributed by atoms with Gasteiger partial charge in [0.15, 0.2) is 0 Å². The Morgan fingerprint density at radius 1 is 1.64 bits per heavy atom. The number of rotatable bonds is 2. The first-order chi connectivity index (χ1) is 5.06. The molecule has 1 aromatic rings. The van der Waals surface area contributed by atoms with E-state index in [1.807, 2.05) is 27.1 Å². The molecule has 0 amide bonds. The predicted octanol–water partition coefficient (Wildman–Crippen LogP) is 0.546. The van der Waals surface area contributed by atoms with Gasteiger partial charge in [-0.05, 0) is 13.8 Å². The lowest BCUT2D eigenvalue weighted by molar-refractivity contribution is -0.0236. The smallest absolute Gasteiger partial charge is 0.112 e. The molecular weight excluding hydrogens is 142 g/mol. The maximum atomic E-state index is 5.11. The fraction of sp³-hybridized carbons (Fsp3) is 0.571. The van der Waals surface area contributed by atoms with Crippen LogP contribution in [-0.2, 0) is 17.5 Å². The lowest BCUT2D eigenvalue weighted by Crippen LogP contribution is -2.24. The van der Waals surface area contributed by atoms with E-state index in [4.69, 9.17) is 10.7 Å². The van der Waals surface area contributed by atoms with E-state index in [1.54, 1.807) is 10.9 Å². The molecule has 0 aliphatic carbocycles. The van der Waals surface area contributed by atoms with E-state index in [0.717, 1.165) is 5.56 Å². The monoisotopic (exact) mass is 155 g/mol. The van der Waals surface area contributed by atoms with Crippen LogP contribution < -0.4 is 5.90 Å². The summed E-state index contributed by atoms with van der Waals surface area (Å²) in [5, 5.41) is 4.01. The van der Waals surface area contributed by atoms with Crippen molar-refractivity contribution in [3.8, 4) is 0 Å². The molecule has 4 heteroatoms. The van der Waals surface area contributed by atoms with Gasteiger partial charge in [0.05, 0.1) is 6.20 Å². The summed E-state index contributed by atoms with van der Waals surface area (Å²) in [5.74, 6) is 5.11. The molecule has 4 nitrogen and oxygen atoms in total. The number of aryl methyl sites for hydroxylation is 1. The van der Waals surface area contributed by atoms with Crippen LogP contribution in [0.4, 0.5) is 0 Å². The topological polar surface area (TPSA) is 53.1 Å². The van der Waals surface area contributed by atoms with Crippen molar-refractivity contribution in [2.24, 2.45) is 12.9 Å². The molecule has 0 saturated carbocycles. The minimum Gasteiger partial charge on any atom is -0.294 e. The fourth-order valence-electron chi connectivity index (χ4n) is 0.800. The van der Waals surface area contributed by atoms with E-state index in [9.17, 15) is 0 Å². The van der Waals surface area contributed by atoms with Crippen LogP contribution in [0.15, 0.2) is 12.4 Å². The standard InChI is InChI=1S/C7H13N3O/c1-7(2,11-8)6-4-9-10(3)5-6/h4-5H,8H2,1-3H3. The van der Waals surface area contributed by atoms with Crippen molar-refractivity contribution in [3.05, 3.63) is 18.0 Å². The van der Waals surface area contributed by atoms with Gasteiger partial charge < -0.3 is 0 Å². The Morgan fingerprint density at radius 3 is 2.64 bits per heavy atom. The molecule has 0 unspecified atom stereocenters. The molecule has 1 rings (SSSR count). The molecule has 2 N–H and O–H groups in total. The van der Waals surface area contributed by atoms with Gasteiger partial charge in [0.1, 0.15) is 5.60 Å². The van der Waals surface area contributed by atoms with Gasteiger partial charge in [0.2, 0.25) is 0 Å². The highest BCUT2D eigenvalue weighted by Gasteiger charge is 2.21. The third-order valence-corrected chi connectivity index (χ3v) is 1.69. The maximum absolute atomic E-state index is 5.11. The van der Waals surface area contributed by atoms with Crippen molar-refractivity contribution in [2.45, 2.75) is 19.4 Å². The highest BCUT2D eigenvalue weighted by molar-refractivity contribution is 5.12. The van der Waals surface area contributed by atoms with E-state index >= 15 is 0 Å². The second-order valence-corrected chi connectivity index (χ2v) is 3.03. The summed E-state index contributed by atoms with van der Waals surface area (Å²) in [7, 11) is 1.86. The zero-order valence-electron chi connectivity index (χ0n) is 7.03. The summed E-state index contributed by atoms with van der Waals surface area (Å²) in [6.45, 7) is 3.79. The second kappa shape index (κ2) is 2.64. The molecule has 11 heavy (non-hydrogen) atoms. The van der Waals surface area contributed by atoms with Crippen LogP contribution in [0, 0.1) is 0 Å². The summed E-state index contributed by atoms with van der Waals surface area (Å²) >= 11 is 0. The fourth-order valence-corrected chi connectivity index (χ4v) is 0.800. The molecule has 1 aromatic heterocycles. The number of hydrogen-bond acceptors (Lipinski definition) is 3. The van der Waals surface area contributed by atoms with Crippen molar-refractivity contribution in [1.29, 1.82) is 0 Å². The highest BCUT2D eigenvalue weighted by atomic mass is 16.6. The quantitative estimate of drug-likeness (QED) is 0.634. The molecule has 0 bridgehead atoms. The zero-order valence-corrected chi connectivity index (χ0v) is 7.03. The lowest BCUT2D eigenvalue weighted by Gasteiger charge is -2.19. The van der Waals surface area contributed by atoms with Gasteiger partial charge in [-0.2, -0.15) is 5.10 Å². The van der Waals surface area contributed by atoms with Crippen LogP contribution >= 0.6 is 0 Å². The molecule has 0 saturated heterocycles. The van der Waals surface area contributed by atoms with E-state index in [2.05, 4.69) is 5.10 Å². The Labute approximate surface area is 65.9 Å². The van der Waals surface area contributed by atoms with Crippen molar-refractivity contribution in [2.75, 3.05) is 0 Å². The minimum absolute atomic E-state index is 0.450. The second-order valence-electron chi connectivity index (χ2n) is 3.03. The first-order valence-electron chi connectivity index (χ1n) is 3.43. The molecule has 0 atom stereocenters. The number of hydrogen-bond donors (Lipinski definition) is 1. The Hall–Kier alpha value is -0.870. The van der Waals surface area contributed by atoms with Gasteiger partial charge in [0, 0.05) is 18.8 Å². The molecule has 0 aliphatic heterocycles. The lowest BCUT2D eigenvalue weighted by atomic mass is 10.0. The Morgan fingerprint density at radius 2 is 2.27 bits per heavy atom. The summed E-state index contributed by atoms with van der Waals surface area (Å²) in [4.78, 5) is 4.78. The average Bonchev–Trinajstić information content (AvgIpc) is 2.36. The molecule has 0 radical (unpaired) electrons. The SMILES string of the molecule is Cn1cc(C(C)(C)ON)cn1. The van der Waals surface area contributed by atoms with Crippen molar-refractivity contribution in [3.63, 3.8) is 0 Å². The maximum Gasteiger partial charge on any atom is 0.112 e. The zero-order chi connectivity index (χ0) is 8.48. The van der Waals surface area contributed by atoms with E-state index in [0.29, 0.717) is 0 Å². The summed E-state index contributed by atoms with van der Waals surface area (Å²) in [5.41, 5.74) is 0.524. The van der Waals surface area contributed by atoms with Gasteiger partial charge >= 0.3 is 0 Å². The summed E-state index contributed by atoms with van der Waals surface area (Å²) in [6, 6.07) is 0. The molecule has 0 aromatic carbocycles. The predicted molar refractivity (Wildman–Crippen MR) is 41.5 cm³/mol.